The van der Waals surface area contributed by atoms with Crippen molar-refractivity contribution in [1.82, 2.24) is 9.88 Å². The fraction of sp³-hybridized carbons (Fsp3) is 0.625. The average molecular weight is 256 g/mol. The minimum Gasteiger partial charge on any atom is -0.335 e. The molecular weight excluding hydrogens is 236 g/mol. The van der Waals surface area contributed by atoms with Crippen LogP contribution in [0.3, 0.4) is 0 Å². The standard InChI is InChI=1S/C16H20N2O/c19-16(14-7-12-6-13(12)8-14)18(15-3-4-15)10-11-2-1-5-17-9-11/h1-2,5,9,12-15H,3-4,6-8,10H2. The monoisotopic (exact) mass is 256 g/mol. The van der Waals surface area contributed by atoms with Crippen LogP contribution in [0.4, 0.5) is 0 Å². The molecule has 1 aromatic heterocycles. The number of fused-ring (bicyclic) bond motifs is 1. The Hall–Kier alpha value is -1.38. The zero-order chi connectivity index (χ0) is 12.8. The van der Waals surface area contributed by atoms with Crippen LogP contribution in [0.25, 0.3) is 0 Å². The summed E-state index contributed by atoms with van der Waals surface area (Å²) in [6.45, 7) is 0.753. The van der Waals surface area contributed by atoms with Crippen molar-refractivity contribution in [3.63, 3.8) is 0 Å². The van der Waals surface area contributed by atoms with Gasteiger partial charge in [0.05, 0.1) is 0 Å². The summed E-state index contributed by atoms with van der Waals surface area (Å²) in [5.74, 6) is 2.50. The van der Waals surface area contributed by atoms with Gasteiger partial charge in [0.25, 0.3) is 0 Å². The molecule has 0 bridgehead atoms. The van der Waals surface area contributed by atoms with Crippen LogP contribution in [0.1, 0.15) is 37.7 Å². The van der Waals surface area contributed by atoms with E-state index in [1.807, 2.05) is 12.3 Å². The molecule has 0 N–H and O–H groups in total. The normalized spacial score (nSPS) is 31.9. The van der Waals surface area contributed by atoms with Gasteiger partial charge in [-0.1, -0.05) is 6.07 Å². The van der Waals surface area contributed by atoms with Crippen LogP contribution in [0.5, 0.6) is 0 Å². The van der Waals surface area contributed by atoms with Crippen LogP contribution >= 0.6 is 0 Å². The van der Waals surface area contributed by atoms with Crippen molar-refractivity contribution in [2.45, 2.75) is 44.7 Å². The maximum absolute atomic E-state index is 12.7. The number of pyridine rings is 1. The van der Waals surface area contributed by atoms with Crippen LogP contribution in [0, 0.1) is 17.8 Å². The van der Waals surface area contributed by atoms with Crippen molar-refractivity contribution >= 4 is 5.91 Å². The minimum atomic E-state index is 0.320. The fourth-order valence-electron chi connectivity index (χ4n) is 3.61. The molecule has 3 heteroatoms. The maximum Gasteiger partial charge on any atom is 0.226 e. The van der Waals surface area contributed by atoms with Gasteiger partial charge in [-0.05, 0) is 55.6 Å². The number of hydrogen-bond donors (Lipinski definition) is 0. The molecule has 3 nitrogen and oxygen atoms in total. The van der Waals surface area contributed by atoms with Gasteiger partial charge >= 0.3 is 0 Å². The second kappa shape index (κ2) is 4.32. The number of hydrogen-bond acceptors (Lipinski definition) is 2. The van der Waals surface area contributed by atoms with E-state index in [1.165, 1.54) is 19.3 Å². The molecule has 1 heterocycles. The van der Waals surface area contributed by atoms with Crippen molar-refractivity contribution < 1.29 is 4.79 Å². The first kappa shape index (κ1) is 11.4. The molecule has 19 heavy (non-hydrogen) atoms. The molecule has 3 fully saturated rings. The van der Waals surface area contributed by atoms with Gasteiger partial charge in [0.15, 0.2) is 0 Å². The number of carbonyl (C=O) groups is 1. The van der Waals surface area contributed by atoms with E-state index in [9.17, 15) is 4.79 Å². The van der Waals surface area contributed by atoms with E-state index >= 15 is 0 Å². The minimum absolute atomic E-state index is 0.320. The molecule has 2 unspecified atom stereocenters. The van der Waals surface area contributed by atoms with Crippen molar-refractivity contribution in [2.75, 3.05) is 0 Å². The molecule has 0 aromatic carbocycles. The topological polar surface area (TPSA) is 33.2 Å². The third-order valence-electron chi connectivity index (χ3n) is 4.94. The third-order valence-corrected chi connectivity index (χ3v) is 4.94. The van der Waals surface area contributed by atoms with Gasteiger partial charge in [0.1, 0.15) is 0 Å². The summed E-state index contributed by atoms with van der Waals surface area (Å²) in [4.78, 5) is 19.0. The number of nitrogens with zero attached hydrogens (tertiary/aromatic N) is 2. The molecule has 3 saturated carbocycles. The highest BCUT2D eigenvalue weighted by Gasteiger charge is 2.49. The molecule has 3 aliphatic rings. The second-order valence-corrected chi connectivity index (χ2v) is 6.48. The largest absolute Gasteiger partial charge is 0.335 e. The quantitative estimate of drug-likeness (QED) is 0.829. The molecule has 0 spiro atoms. The Kier molecular flexibility index (Phi) is 2.61. The van der Waals surface area contributed by atoms with Gasteiger partial charge in [-0.15, -0.1) is 0 Å². The first-order valence-electron chi connectivity index (χ1n) is 7.50. The lowest BCUT2D eigenvalue weighted by atomic mass is 10.0. The van der Waals surface area contributed by atoms with Gasteiger partial charge < -0.3 is 4.90 Å². The molecule has 1 aromatic rings. The second-order valence-electron chi connectivity index (χ2n) is 6.48. The summed E-state index contributed by atoms with van der Waals surface area (Å²) in [5.41, 5.74) is 1.16. The molecule has 0 saturated heterocycles. The van der Waals surface area contributed by atoms with Crippen LogP contribution in [-0.4, -0.2) is 21.8 Å². The van der Waals surface area contributed by atoms with Crippen molar-refractivity contribution in [3.05, 3.63) is 30.1 Å². The summed E-state index contributed by atoms with van der Waals surface area (Å²) in [6, 6.07) is 4.53. The third kappa shape index (κ3) is 2.26. The van der Waals surface area contributed by atoms with E-state index in [0.29, 0.717) is 17.9 Å². The van der Waals surface area contributed by atoms with Gasteiger partial charge in [-0.2, -0.15) is 0 Å². The Morgan fingerprint density at radius 3 is 2.68 bits per heavy atom. The van der Waals surface area contributed by atoms with E-state index in [1.54, 1.807) is 6.20 Å². The predicted octanol–water partition coefficient (Wildman–Crippen LogP) is 2.62. The lowest BCUT2D eigenvalue weighted by Crippen LogP contribution is -2.37. The average Bonchev–Trinajstić information content (AvgIpc) is 3.37. The van der Waals surface area contributed by atoms with Crippen LogP contribution in [0.2, 0.25) is 0 Å². The molecule has 0 aliphatic heterocycles. The Morgan fingerprint density at radius 1 is 1.26 bits per heavy atom. The summed E-state index contributed by atoms with van der Waals surface area (Å²) < 4.78 is 0. The van der Waals surface area contributed by atoms with Gasteiger partial charge in [-0.3, -0.25) is 9.78 Å². The van der Waals surface area contributed by atoms with Crippen LogP contribution < -0.4 is 0 Å². The molecule has 100 valence electrons. The lowest BCUT2D eigenvalue weighted by molar-refractivity contribution is -0.137. The highest BCUT2D eigenvalue weighted by atomic mass is 16.2. The van der Waals surface area contributed by atoms with Crippen molar-refractivity contribution in [3.8, 4) is 0 Å². The number of aromatic nitrogens is 1. The lowest BCUT2D eigenvalue weighted by Gasteiger charge is -2.26. The fourth-order valence-corrected chi connectivity index (χ4v) is 3.61. The van der Waals surface area contributed by atoms with Crippen LogP contribution in [0.15, 0.2) is 24.5 Å². The van der Waals surface area contributed by atoms with Gasteiger partial charge in [0.2, 0.25) is 5.91 Å². The number of rotatable bonds is 4. The predicted molar refractivity (Wildman–Crippen MR) is 72.1 cm³/mol. The van der Waals surface area contributed by atoms with E-state index in [4.69, 9.17) is 0 Å². The van der Waals surface area contributed by atoms with E-state index in [2.05, 4.69) is 16.0 Å². The SMILES string of the molecule is O=C(C1CC2CC2C1)N(Cc1cccnc1)C1CC1. The molecule has 0 radical (unpaired) electrons. The smallest absolute Gasteiger partial charge is 0.226 e. The Bertz CT molecular complexity index is 473. The summed E-state index contributed by atoms with van der Waals surface area (Å²) in [5, 5.41) is 0. The van der Waals surface area contributed by atoms with Crippen molar-refractivity contribution in [2.24, 2.45) is 17.8 Å². The Morgan fingerprint density at radius 2 is 2.05 bits per heavy atom. The molecule has 3 aliphatic carbocycles. The highest BCUT2D eigenvalue weighted by molar-refractivity contribution is 5.80. The van der Waals surface area contributed by atoms with Gasteiger partial charge in [-0.25, -0.2) is 0 Å². The summed E-state index contributed by atoms with van der Waals surface area (Å²) in [6.07, 6.45) is 9.73. The molecular formula is C16H20N2O. The van der Waals surface area contributed by atoms with E-state index in [0.717, 1.165) is 36.8 Å². The molecule has 1 amide bonds. The first-order chi connectivity index (χ1) is 9.31. The first-order valence-corrected chi connectivity index (χ1v) is 7.50. The Balaban J connectivity index is 1.47. The zero-order valence-electron chi connectivity index (χ0n) is 11.2. The van der Waals surface area contributed by atoms with Crippen molar-refractivity contribution in [1.29, 1.82) is 0 Å². The highest BCUT2D eigenvalue weighted by Crippen LogP contribution is 2.55. The molecule has 4 rings (SSSR count). The van der Waals surface area contributed by atoms with E-state index < -0.39 is 0 Å². The van der Waals surface area contributed by atoms with Crippen LogP contribution in [-0.2, 0) is 11.3 Å². The Labute approximate surface area is 114 Å². The molecule has 2 atom stereocenters. The summed E-state index contributed by atoms with van der Waals surface area (Å²) in [7, 11) is 0. The number of amides is 1. The number of carbonyl (C=O) groups excluding carboxylic acids is 1. The zero-order valence-corrected chi connectivity index (χ0v) is 11.2. The van der Waals surface area contributed by atoms with E-state index in [-0.39, 0.29) is 0 Å². The maximum atomic E-state index is 12.7. The summed E-state index contributed by atoms with van der Waals surface area (Å²) >= 11 is 0. The van der Waals surface area contributed by atoms with Gasteiger partial charge in [0, 0.05) is 30.9 Å².